The Kier molecular flexibility index (Phi) is 5.61. The van der Waals surface area contributed by atoms with E-state index in [1.165, 1.54) is 18.2 Å². The normalized spacial score (nSPS) is 13.6. The van der Waals surface area contributed by atoms with Crippen molar-refractivity contribution in [2.45, 2.75) is 17.8 Å². The van der Waals surface area contributed by atoms with Gasteiger partial charge in [0.2, 0.25) is 0 Å². The highest BCUT2D eigenvalue weighted by Gasteiger charge is 2.41. The van der Waals surface area contributed by atoms with Crippen molar-refractivity contribution in [3.63, 3.8) is 0 Å². The topological polar surface area (TPSA) is 83.7 Å². The molecular weight excluding hydrogens is 375 g/mol. The number of amides is 1. The predicted octanol–water partition coefficient (Wildman–Crippen LogP) is 4.26. The minimum absolute atomic E-state index is 0.109. The van der Waals surface area contributed by atoms with Crippen LogP contribution in [0, 0.1) is 10.1 Å². The summed E-state index contributed by atoms with van der Waals surface area (Å²) in [6.07, 6.45) is -1.22. The van der Waals surface area contributed by atoms with Crippen molar-refractivity contribution in [2.24, 2.45) is 0 Å². The summed E-state index contributed by atoms with van der Waals surface area (Å²) >= 11 is 14.6. The highest BCUT2D eigenvalue weighted by atomic mass is 79.9. The predicted molar refractivity (Wildman–Crippen MR) is 80.8 cm³/mol. The molecule has 0 aliphatic carbocycles. The van der Waals surface area contributed by atoms with Crippen LogP contribution in [0.2, 0.25) is 10.0 Å². The Labute approximate surface area is 133 Å². The monoisotopic (exact) mass is 384 g/mol. The number of anilines is 1. The molecule has 110 valence electrons. The minimum atomic E-state index is -1.57. The molecule has 0 fully saturated rings. The molecule has 0 heterocycles. The van der Waals surface area contributed by atoms with Gasteiger partial charge in [-0.05, 0) is 18.2 Å². The van der Waals surface area contributed by atoms with Crippen LogP contribution in [-0.2, 0) is 0 Å². The zero-order valence-electron chi connectivity index (χ0n) is 10.3. The summed E-state index contributed by atoms with van der Waals surface area (Å²) in [6.45, 7) is 1.21. The molecule has 1 rings (SSSR count). The Bertz CT molecular complexity index is 523. The van der Waals surface area contributed by atoms with Crippen LogP contribution in [0.3, 0.4) is 0 Å². The zero-order valence-corrected chi connectivity index (χ0v) is 13.4. The van der Waals surface area contributed by atoms with Gasteiger partial charge in [0.1, 0.15) is 6.54 Å². The molecule has 0 saturated heterocycles. The van der Waals surface area contributed by atoms with Gasteiger partial charge in [-0.1, -0.05) is 30.1 Å². The van der Waals surface area contributed by atoms with Gasteiger partial charge in [-0.25, -0.2) is 4.79 Å². The number of nitrogens with zero attached hydrogens (tertiary/aromatic N) is 2. The molecule has 1 aromatic carbocycles. The first-order chi connectivity index (χ1) is 9.19. The van der Waals surface area contributed by atoms with Crippen molar-refractivity contribution in [2.75, 3.05) is 11.4 Å². The van der Waals surface area contributed by atoms with Crippen LogP contribution < -0.4 is 4.90 Å². The molecule has 0 spiro atoms. The van der Waals surface area contributed by atoms with E-state index in [4.69, 9.17) is 23.2 Å². The Balaban J connectivity index is 3.18. The van der Waals surface area contributed by atoms with Gasteiger partial charge in [0, 0.05) is 37.3 Å². The third-order valence-electron chi connectivity index (χ3n) is 2.66. The number of carbonyl (C=O) groups is 1. The van der Waals surface area contributed by atoms with Gasteiger partial charge >= 0.3 is 6.09 Å². The second-order valence-electron chi connectivity index (χ2n) is 4.03. The maximum absolute atomic E-state index is 11.3. The lowest BCUT2D eigenvalue weighted by Crippen LogP contribution is -2.46. The lowest BCUT2D eigenvalue weighted by molar-refractivity contribution is -0.532. The van der Waals surface area contributed by atoms with E-state index in [-0.39, 0.29) is 28.7 Å². The van der Waals surface area contributed by atoms with Gasteiger partial charge in [0.05, 0.1) is 5.69 Å². The van der Waals surface area contributed by atoms with Crippen molar-refractivity contribution in [1.82, 2.24) is 0 Å². The number of hydrogen-bond donors (Lipinski definition) is 1. The molecule has 20 heavy (non-hydrogen) atoms. The maximum atomic E-state index is 11.3. The quantitative estimate of drug-likeness (QED) is 0.355. The molecule has 0 radical (unpaired) electrons. The lowest BCUT2D eigenvalue weighted by atomic mass is 10.2. The molecule has 0 saturated carbocycles. The Morgan fingerprint density at radius 2 is 1.95 bits per heavy atom. The number of benzene rings is 1. The SMILES string of the molecule is CCC(Br)(CN(C(=O)O)c1cc(Cl)cc(Cl)c1)[N+](=O)[O-]. The summed E-state index contributed by atoms with van der Waals surface area (Å²) in [5.74, 6) is 0. The molecular formula is C11H11BrCl2N2O4. The number of halogens is 3. The van der Waals surface area contributed by atoms with Crippen molar-refractivity contribution in [1.29, 1.82) is 0 Å². The fraction of sp³-hybridized carbons (Fsp3) is 0.364. The Morgan fingerprint density at radius 3 is 2.30 bits per heavy atom. The fourth-order valence-corrected chi connectivity index (χ4v) is 2.27. The molecule has 0 aromatic heterocycles. The molecule has 1 atom stereocenters. The summed E-state index contributed by atoms with van der Waals surface area (Å²) < 4.78 is -1.57. The number of hydrogen-bond acceptors (Lipinski definition) is 3. The van der Waals surface area contributed by atoms with E-state index < -0.39 is 15.5 Å². The van der Waals surface area contributed by atoms with Gasteiger partial charge in [-0.2, -0.15) is 0 Å². The van der Waals surface area contributed by atoms with Crippen LogP contribution in [0.25, 0.3) is 0 Å². The van der Waals surface area contributed by atoms with Gasteiger partial charge in [-0.3, -0.25) is 15.0 Å². The van der Waals surface area contributed by atoms with Crippen LogP contribution in [0.15, 0.2) is 18.2 Å². The van der Waals surface area contributed by atoms with Crippen LogP contribution in [0.4, 0.5) is 10.5 Å². The van der Waals surface area contributed by atoms with Gasteiger partial charge < -0.3 is 5.11 Å². The number of alkyl halides is 1. The lowest BCUT2D eigenvalue weighted by Gasteiger charge is -2.25. The maximum Gasteiger partial charge on any atom is 0.412 e. The molecule has 1 unspecified atom stereocenters. The molecule has 0 bridgehead atoms. The summed E-state index contributed by atoms with van der Waals surface area (Å²) in [6, 6.07) is 4.20. The summed E-state index contributed by atoms with van der Waals surface area (Å²) in [5.41, 5.74) is 0.175. The second kappa shape index (κ2) is 6.60. The Morgan fingerprint density at radius 1 is 1.45 bits per heavy atom. The van der Waals surface area contributed by atoms with E-state index in [0.717, 1.165) is 4.90 Å². The van der Waals surface area contributed by atoms with Crippen molar-refractivity contribution in [3.8, 4) is 0 Å². The highest BCUT2D eigenvalue weighted by molar-refractivity contribution is 9.10. The van der Waals surface area contributed by atoms with Crippen molar-refractivity contribution < 1.29 is 14.8 Å². The van der Waals surface area contributed by atoms with Gasteiger partial charge in [0.15, 0.2) is 0 Å². The first kappa shape index (κ1) is 17.0. The minimum Gasteiger partial charge on any atom is -0.465 e. The smallest absolute Gasteiger partial charge is 0.412 e. The molecule has 1 amide bonds. The van der Waals surface area contributed by atoms with E-state index in [2.05, 4.69) is 15.9 Å². The standard InChI is InChI=1S/C11H11BrCl2N2O4/c1-2-11(12,16(19)20)6-15(10(17)18)9-4-7(13)3-8(14)5-9/h3-5H,2,6H2,1H3,(H,17,18). The van der Waals surface area contributed by atoms with Crippen LogP contribution in [0.1, 0.15) is 13.3 Å². The van der Waals surface area contributed by atoms with Gasteiger partial charge in [0.25, 0.3) is 4.45 Å². The first-order valence-corrected chi connectivity index (χ1v) is 7.04. The summed E-state index contributed by atoms with van der Waals surface area (Å²) in [5, 5.41) is 20.8. The summed E-state index contributed by atoms with van der Waals surface area (Å²) in [7, 11) is 0. The molecule has 9 heteroatoms. The van der Waals surface area contributed by atoms with E-state index in [1.807, 2.05) is 0 Å². The van der Waals surface area contributed by atoms with Crippen LogP contribution in [0.5, 0.6) is 0 Å². The van der Waals surface area contributed by atoms with E-state index in [9.17, 15) is 20.0 Å². The van der Waals surface area contributed by atoms with Crippen molar-refractivity contribution in [3.05, 3.63) is 38.4 Å². The first-order valence-electron chi connectivity index (χ1n) is 5.49. The molecule has 0 aliphatic heterocycles. The molecule has 1 N–H and O–H groups in total. The summed E-state index contributed by atoms with van der Waals surface area (Å²) in [4.78, 5) is 22.7. The van der Waals surface area contributed by atoms with E-state index in [0.29, 0.717) is 0 Å². The number of carboxylic acid groups (broad SMARTS) is 1. The third-order valence-corrected chi connectivity index (χ3v) is 4.20. The largest absolute Gasteiger partial charge is 0.465 e. The second-order valence-corrected chi connectivity index (χ2v) is 6.37. The molecule has 6 nitrogen and oxygen atoms in total. The average molecular weight is 386 g/mol. The fourth-order valence-electron chi connectivity index (χ4n) is 1.51. The van der Waals surface area contributed by atoms with Gasteiger partial charge in [-0.15, -0.1) is 0 Å². The zero-order chi connectivity index (χ0) is 15.5. The molecule has 0 aliphatic rings. The van der Waals surface area contributed by atoms with Crippen LogP contribution >= 0.6 is 39.1 Å². The van der Waals surface area contributed by atoms with Crippen LogP contribution in [-0.4, -0.2) is 27.1 Å². The van der Waals surface area contributed by atoms with Crippen molar-refractivity contribution >= 4 is 50.9 Å². The van der Waals surface area contributed by atoms with E-state index >= 15 is 0 Å². The average Bonchev–Trinajstić information content (AvgIpc) is 2.33. The Hall–Kier alpha value is -1.05. The molecule has 1 aromatic rings. The number of nitro groups is 1. The number of rotatable bonds is 5. The highest BCUT2D eigenvalue weighted by Crippen LogP contribution is 2.30. The third kappa shape index (κ3) is 3.97. The van der Waals surface area contributed by atoms with E-state index in [1.54, 1.807) is 6.92 Å².